The number of benzene rings is 1. The van der Waals surface area contributed by atoms with Crippen LogP contribution in [-0.2, 0) is 24.1 Å². The van der Waals surface area contributed by atoms with Crippen LogP contribution in [0.5, 0.6) is 0 Å². The van der Waals surface area contributed by atoms with Crippen molar-refractivity contribution in [3.63, 3.8) is 0 Å². The Hall–Kier alpha value is -1.40. The van der Waals surface area contributed by atoms with Crippen LogP contribution in [0.1, 0.15) is 6.92 Å². The number of hydrogen-bond donors (Lipinski definition) is 0. The van der Waals surface area contributed by atoms with Gasteiger partial charge in [0.05, 0.1) is 4.90 Å². The van der Waals surface area contributed by atoms with Gasteiger partial charge in [0.15, 0.2) is 0 Å². The van der Waals surface area contributed by atoms with Crippen LogP contribution in [0.15, 0.2) is 35.2 Å². The summed E-state index contributed by atoms with van der Waals surface area (Å²) in [5.41, 5.74) is 0. The third-order valence-electron chi connectivity index (χ3n) is 1.27. The SMILES string of the molecule is CC(=O)OOS(=O)(=O)c1ccccc1. The lowest BCUT2D eigenvalue weighted by Crippen LogP contribution is -2.09. The van der Waals surface area contributed by atoms with E-state index in [4.69, 9.17) is 0 Å². The van der Waals surface area contributed by atoms with Crippen LogP contribution in [-0.4, -0.2) is 14.4 Å². The van der Waals surface area contributed by atoms with Gasteiger partial charge in [-0.3, -0.25) is 4.89 Å². The second kappa shape index (κ2) is 4.21. The second-order valence-electron chi connectivity index (χ2n) is 2.41. The molecule has 0 unspecified atom stereocenters. The molecule has 0 fully saturated rings. The molecule has 1 rings (SSSR count). The summed E-state index contributed by atoms with van der Waals surface area (Å²) in [6.45, 7) is 1.04. The lowest BCUT2D eigenvalue weighted by atomic mass is 10.4. The van der Waals surface area contributed by atoms with Gasteiger partial charge in [-0.15, -0.1) is 0 Å². The van der Waals surface area contributed by atoms with E-state index in [1.54, 1.807) is 6.07 Å². The number of carbonyl (C=O) groups is 1. The summed E-state index contributed by atoms with van der Waals surface area (Å²) in [6.07, 6.45) is 0. The summed E-state index contributed by atoms with van der Waals surface area (Å²) in [5.74, 6) is -0.829. The Morgan fingerprint density at radius 1 is 1.21 bits per heavy atom. The quantitative estimate of drug-likeness (QED) is 0.554. The Morgan fingerprint density at radius 2 is 1.79 bits per heavy atom. The molecule has 1 aromatic carbocycles. The highest BCUT2D eigenvalue weighted by molar-refractivity contribution is 7.86. The van der Waals surface area contributed by atoms with Gasteiger partial charge in [0.2, 0.25) is 0 Å². The van der Waals surface area contributed by atoms with Crippen molar-refractivity contribution >= 4 is 16.1 Å². The van der Waals surface area contributed by atoms with Crippen LogP contribution < -0.4 is 0 Å². The highest BCUT2D eigenvalue weighted by atomic mass is 32.2. The van der Waals surface area contributed by atoms with Gasteiger partial charge in [-0.1, -0.05) is 18.2 Å². The summed E-state index contributed by atoms with van der Waals surface area (Å²) in [7, 11) is -4.00. The average Bonchev–Trinajstić information content (AvgIpc) is 2.16. The van der Waals surface area contributed by atoms with Crippen molar-refractivity contribution in [2.45, 2.75) is 11.8 Å². The summed E-state index contributed by atoms with van der Waals surface area (Å²) < 4.78 is 26.5. The first-order valence-corrected chi connectivity index (χ1v) is 5.10. The minimum Gasteiger partial charge on any atom is -0.282 e. The molecule has 0 amide bonds. The molecule has 0 aliphatic heterocycles. The molecule has 0 heterocycles. The average molecular weight is 216 g/mol. The zero-order chi connectivity index (χ0) is 10.6. The second-order valence-corrected chi connectivity index (χ2v) is 3.93. The smallest absolute Gasteiger partial charge is 0.282 e. The Bertz CT molecular complexity index is 409. The fourth-order valence-corrected chi connectivity index (χ4v) is 1.47. The highest BCUT2D eigenvalue weighted by Gasteiger charge is 2.16. The summed E-state index contributed by atoms with van der Waals surface area (Å²) in [6, 6.07) is 7.39. The largest absolute Gasteiger partial charge is 0.340 e. The van der Waals surface area contributed by atoms with Crippen LogP contribution in [0.25, 0.3) is 0 Å². The summed E-state index contributed by atoms with van der Waals surface area (Å²) >= 11 is 0. The van der Waals surface area contributed by atoms with Gasteiger partial charge >= 0.3 is 16.1 Å². The molecule has 14 heavy (non-hydrogen) atoms. The molecular weight excluding hydrogens is 208 g/mol. The first-order chi connectivity index (χ1) is 6.52. The Balaban J connectivity index is 2.82. The molecule has 0 spiro atoms. The number of rotatable bonds is 3. The van der Waals surface area contributed by atoms with Gasteiger partial charge in [-0.25, -0.2) is 4.79 Å². The molecule has 5 nitrogen and oxygen atoms in total. The Labute approximate surface area is 81.3 Å². The molecule has 0 saturated carbocycles. The van der Waals surface area contributed by atoms with Gasteiger partial charge < -0.3 is 0 Å². The molecule has 0 aromatic heterocycles. The zero-order valence-electron chi connectivity index (χ0n) is 7.34. The molecule has 0 bridgehead atoms. The van der Waals surface area contributed by atoms with Gasteiger partial charge in [-0.2, -0.15) is 8.42 Å². The lowest BCUT2D eigenvalue weighted by molar-refractivity contribution is -0.208. The predicted molar refractivity (Wildman–Crippen MR) is 46.5 cm³/mol. The molecule has 76 valence electrons. The lowest BCUT2D eigenvalue weighted by Gasteiger charge is -2.01. The predicted octanol–water partition coefficient (Wildman–Crippen LogP) is 0.870. The van der Waals surface area contributed by atoms with Crippen molar-refractivity contribution in [2.24, 2.45) is 0 Å². The highest BCUT2D eigenvalue weighted by Crippen LogP contribution is 2.11. The number of hydrogen-bond acceptors (Lipinski definition) is 5. The van der Waals surface area contributed by atoms with Crippen LogP contribution >= 0.6 is 0 Å². The minimum atomic E-state index is -4.00. The fraction of sp³-hybridized carbons (Fsp3) is 0.125. The van der Waals surface area contributed by atoms with E-state index < -0.39 is 16.1 Å². The van der Waals surface area contributed by atoms with Crippen LogP contribution in [0.4, 0.5) is 0 Å². The van der Waals surface area contributed by atoms with E-state index >= 15 is 0 Å². The molecule has 1 aromatic rings. The van der Waals surface area contributed by atoms with E-state index in [0.29, 0.717) is 0 Å². The van der Waals surface area contributed by atoms with E-state index in [2.05, 4.69) is 9.22 Å². The van der Waals surface area contributed by atoms with Crippen molar-refractivity contribution < 1.29 is 22.4 Å². The first-order valence-electron chi connectivity index (χ1n) is 3.69. The zero-order valence-corrected chi connectivity index (χ0v) is 8.15. The molecule has 0 atom stereocenters. The third-order valence-corrected chi connectivity index (χ3v) is 2.37. The summed E-state index contributed by atoms with van der Waals surface area (Å²) in [4.78, 5) is 14.2. The van der Waals surface area contributed by atoms with E-state index in [-0.39, 0.29) is 4.90 Å². The van der Waals surface area contributed by atoms with Gasteiger partial charge in [0.25, 0.3) is 0 Å². The van der Waals surface area contributed by atoms with Gasteiger partial charge in [-0.05, 0) is 16.5 Å². The standard InChI is InChI=1S/C8H8O5S/c1-7(9)12-13-14(10,11)8-5-3-2-4-6-8/h2-6H,1H3. The van der Waals surface area contributed by atoms with Crippen LogP contribution in [0.2, 0.25) is 0 Å². The normalized spacial score (nSPS) is 10.9. The third kappa shape index (κ3) is 2.82. The van der Waals surface area contributed by atoms with E-state index in [0.717, 1.165) is 6.92 Å². The van der Waals surface area contributed by atoms with E-state index in [1.807, 2.05) is 0 Å². The molecule has 0 aliphatic rings. The van der Waals surface area contributed by atoms with Crippen molar-refractivity contribution in [3.8, 4) is 0 Å². The molecule has 0 aliphatic carbocycles. The fourth-order valence-electron chi connectivity index (χ4n) is 0.719. The minimum absolute atomic E-state index is 0.0683. The van der Waals surface area contributed by atoms with E-state index in [1.165, 1.54) is 24.3 Å². The molecule has 0 saturated heterocycles. The molecule has 0 N–H and O–H groups in total. The number of carbonyl (C=O) groups excluding carboxylic acids is 1. The maximum absolute atomic E-state index is 11.2. The van der Waals surface area contributed by atoms with Crippen molar-refractivity contribution in [1.29, 1.82) is 0 Å². The Kier molecular flexibility index (Phi) is 3.21. The van der Waals surface area contributed by atoms with Gasteiger partial charge in [0.1, 0.15) is 0 Å². The monoisotopic (exact) mass is 216 g/mol. The van der Waals surface area contributed by atoms with Crippen molar-refractivity contribution in [2.75, 3.05) is 0 Å². The molecule has 6 heteroatoms. The van der Waals surface area contributed by atoms with Crippen molar-refractivity contribution in [3.05, 3.63) is 30.3 Å². The van der Waals surface area contributed by atoms with Crippen molar-refractivity contribution in [1.82, 2.24) is 0 Å². The van der Waals surface area contributed by atoms with E-state index in [9.17, 15) is 13.2 Å². The van der Waals surface area contributed by atoms with Crippen LogP contribution in [0.3, 0.4) is 0 Å². The first kappa shape index (κ1) is 10.7. The topological polar surface area (TPSA) is 69.7 Å². The maximum Gasteiger partial charge on any atom is 0.340 e. The Morgan fingerprint density at radius 3 is 2.29 bits per heavy atom. The molecule has 0 radical (unpaired) electrons. The maximum atomic E-state index is 11.2. The van der Waals surface area contributed by atoms with Crippen LogP contribution in [0, 0.1) is 0 Å². The van der Waals surface area contributed by atoms with Gasteiger partial charge in [0, 0.05) is 6.92 Å². The molecular formula is C8H8O5S. The summed E-state index contributed by atoms with van der Waals surface area (Å²) in [5, 5.41) is 0.